The van der Waals surface area contributed by atoms with Crippen LogP contribution in [-0.4, -0.2) is 15.7 Å². The van der Waals surface area contributed by atoms with Gasteiger partial charge in [-0.05, 0) is 43.7 Å². The van der Waals surface area contributed by atoms with Crippen LogP contribution < -0.4 is 10.9 Å². The Hall–Kier alpha value is -2.73. The molecule has 0 aliphatic heterocycles. The summed E-state index contributed by atoms with van der Waals surface area (Å²) in [5.41, 5.74) is 4.07. The van der Waals surface area contributed by atoms with Crippen molar-refractivity contribution in [1.29, 1.82) is 0 Å². The van der Waals surface area contributed by atoms with Gasteiger partial charge in [-0.15, -0.1) is 0 Å². The Morgan fingerprint density at radius 1 is 1.08 bits per heavy atom. The molecule has 0 atom stereocenters. The van der Waals surface area contributed by atoms with Crippen LogP contribution in [0.15, 0.2) is 63.9 Å². The summed E-state index contributed by atoms with van der Waals surface area (Å²) < 4.78 is 2.15. The second kappa shape index (κ2) is 7.66. The van der Waals surface area contributed by atoms with Gasteiger partial charge < -0.3 is 5.32 Å². The molecule has 6 heteroatoms. The molecule has 26 heavy (non-hydrogen) atoms. The van der Waals surface area contributed by atoms with E-state index in [1.165, 1.54) is 10.7 Å². The zero-order chi connectivity index (χ0) is 18.7. The molecule has 1 amide bonds. The Morgan fingerprint density at radius 3 is 2.50 bits per heavy atom. The van der Waals surface area contributed by atoms with E-state index in [1.54, 1.807) is 12.1 Å². The summed E-state index contributed by atoms with van der Waals surface area (Å²) in [6, 6.07) is 16.5. The van der Waals surface area contributed by atoms with Gasteiger partial charge in [-0.25, -0.2) is 4.68 Å². The zero-order valence-electron chi connectivity index (χ0n) is 14.5. The third-order valence-electron chi connectivity index (χ3n) is 3.95. The molecule has 0 bridgehead atoms. The number of anilines is 1. The molecule has 3 aromatic rings. The number of hydrogen-bond donors (Lipinski definition) is 1. The quantitative estimate of drug-likeness (QED) is 0.707. The summed E-state index contributed by atoms with van der Waals surface area (Å²) in [4.78, 5) is 24.4. The smallest absolute Gasteiger partial charge is 0.267 e. The first-order valence-corrected chi connectivity index (χ1v) is 8.93. The molecule has 0 aliphatic carbocycles. The lowest BCUT2D eigenvalue weighted by Crippen LogP contribution is -2.29. The van der Waals surface area contributed by atoms with E-state index >= 15 is 0 Å². The molecule has 2 aromatic carbocycles. The fourth-order valence-corrected chi connectivity index (χ4v) is 2.75. The van der Waals surface area contributed by atoms with Crippen LogP contribution in [0.25, 0.3) is 11.3 Å². The van der Waals surface area contributed by atoms with Crippen molar-refractivity contribution in [2.75, 3.05) is 5.32 Å². The van der Waals surface area contributed by atoms with Gasteiger partial charge in [0.2, 0.25) is 5.91 Å². The molecule has 0 radical (unpaired) electrons. The summed E-state index contributed by atoms with van der Waals surface area (Å²) >= 11 is 3.43. The molecule has 1 heterocycles. The van der Waals surface area contributed by atoms with Gasteiger partial charge in [-0.3, -0.25) is 9.59 Å². The first kappa shape index (κ1) is 18.1. The Balaban J connectivity index is 1.79. The summed E-state index contributed by atoms with van der Waals surface area (Å²) in [7, 11) is 0. The van der Waals surface area contributed by atoms with Gasteiger partial charge in [0, 0.05) is 21.8 Å². The van der Waals surface area contributed by atoms with E-state index in [0.717, 1.165) is 21.2 Å². The fraction of sp³-hybridized carbons (Fsp3) is 0.150. The average Bonchev–Trinajstić information content (AvgIpc) is 2.61. The molecule has 0 spiro atoms. The van der Waals surface area contributed by atoms with Gasteiger partial charge >= 0.3 is 0 Å². The maximum absolute atomic E-state index is 12.3. The SMILES string of the molecule is Cc1ccc(-c2ccc(=O)n(CC(=O)Nc3ccc(Br)c(C)c3)n2)cc1. The van der Waals surface area contributed by atoms with E-state index in [9.17, 15) is 9.59 Å². The number of carbonyl (C=O) groups is 1. The van der Waals surface area contributed by atoms with E-state index in [1.807, 2.05) is 50.2 Å². The van der Waals surface area contributed by atoms with Crippen molar-refractivity contribution < 1.29 is 4.79 Å². The Bertz CT molecular complexity index is 1010. The molecular weight excluding hydrogens is 394 g/mol. The van der Waals surface area contributed by atoms with Crippen LogP contribution in [0.3, 0.4) is 0 Å². The number of benzene rings is 2. The average molecular weight is 412 g/mol. The Labute approximate surface area is 159 Å². The van der Waals surface area contributed by atoms with Crippen molar-refractivity contribution in [1.82, 2.24) is 9.78 Å². The Kier molecular flexibility index (Phi) is 5.32. The number of hydrogen-bond acceptors (Lipinski definition) is 3. The van der Waals surface area contributed by atoms with Gasteiger partial charge in [0.15, 0.2) is 0 Å². The zero-order valence-corrected chi connectivity index (χ0v) is 16.1. The van der Waals surface area contributed by atoms with Crippen LogP contribution in [0.5, 0.6) is 0 Å². The van der Waals surface area contributed by atoms with Gasteiger partial charge in [0.05, 0.1) is 5.69 Å². The second-order valence-corrected chi connectivity index (χ2v) is 6.95. The topological polar surface area (TPSA) is 64.0 Å². The number of carbonyl (C=O) groups excluding carboxylic acids is 1. The van der Waals surface area contributed by atoms with Crippen molar-refractivity contribution in [3.8, 4) is 11.3 Å². The first-order valence-electron chi connectivity index (χ1n) is 8.13. The molecule has 0 aliphatic rings. The summed E-state index contributed by atoms with van der Waals surface area (Å²) in [5.74, 6) is -0.303. The van der Waals surface area contributed by atoms with Gasteiger partial charge in [0.1, 0.15) is 6.54 Å². The minimum atomic E-state index is -0.317. The standard InChI is InChI=1S/C20H18BrN3O2/c1-13-3-5-15(6-4-13)18-9-10-20(26)24(23-18)12-19(25)22-16-7-8-17(21)14(2)11-16/h3-11H,12H2,1-2H3,(H,22,25). The van der Waals surface area contributed by atoms with Crippen molar-refractivity contribution in [3.05, 3.63) is 80.6 Å². The number of nitrogens with one attached hydrogen (secondary N) is 1. The van der Waals surface area contributed by atoms with Crippen LogP contribution in [0.2, 0.25) is 0 Å². The van der Waals surface area contributed by atoms with Crippen LogP contribution in [0.1, 0.15) is 11.1 Å². The maximum Gasteiger partial charge on any atom is 0.267 e. The van der Waals surface area contributed by atoms with Crippen LogP contribution >= 0.6 is 15.9 Å². The largest absolute Gasteiger partial charge is 0.324 e. The molecule has 0 saturated carbocycles. The third-order valence-corrected chi connectivity index (χ3v) is 4.84. The van der Waals surface area contributed by atoms with Crippen molar-refractivity contribution in [3.63, 3.8) is 0 Å². The number of rotatable bonds is 4. The Morgan fingerprint density at radius 2 is 1.81 bits per heavy atom. The minimum Gasteiger partial charge on any atom is -0.324 e. The van der Waals surface area contributed by atoms with Gasteiger partial charge in [-0.2, -0.15) is 5.10 Å². The molecule has 3 rings (SSSR count). The predicted octanol–water partition coefficient (Wildman–Crippen LogP) is 3.93. The highest BCUT2D eigenvalue weighted by molar-refractivity contribution is 9.10. The molecular formula is C20H18BrN3O2. The van der Waals surface area contributed by atoms with E-state index in [2.05, 4.69) is 26.3 Å². The van der Waals surface area contributed by atoms with Gasteiger partial charge in [-0.1, -0.05) is 45.8 Å². The lowest BCUT2D eigenvalue weighted by Gasteiger charge is -2.09. The number of nitrogens with zero attached hydrogens (tertiary/aromatic N) is 2. The highest BCUT2D eigenvalue weighted by Gasteiger charge is 2.09. The van der Waals surface area contributed by atoms with E-state index < -0.39 is 0 Å². The number of aromatic nitrogens is 2. The first-order chi connectivity index (χ1) is 12.4. The molecule has 0 unspecified atom stereocenters. The van der Waals surface area contributed by atoms with E-state index in [4.69, 9.17) is 0 Å². The summed E-state index contributed by atoms with van der Waals surface area (Å²) in [6.07, 6.45) is 0. The van der Waals surface area contributed by atoms with E-state index in [0.29, 0.717) is 11.4 Å². The van der Waals surface area contributed by atoms with Crippen LogP contribution in [0, 0.1) is 13.8 Å². The second-order valence-electron chi connectivity index (χ2n) is 6.09. The minimum absolute atomic E-state index is 0.145. The molecule has 5 nitrogen and oxygen atoms in total. The molecule has 132 valence electrons. The van der Waals surface area contributed by atoms with Crippen molar-refractivity contribution in [2.24, 2.45) is 0 Å². The van der Waals surface area contributed by atoms with E-state index in [-0.39, 0.29) is 18.0 Å². The number of aryl methyl sites for hydroxylation is 2. The van der Waals surface area contributed by atoms with Crippen molar-refractivity contribution in [2.45, 2.75) is 20.4 Å². The molecule has 1 aromatic heterocycles. The highest BCUT2D eigenvalue weighted by atomic mass is 79.9. The predicted molar refractivity (Wildman–Crippen MR) is 106 cm³/mol. The normalized spacial score (nSPS) is 10.6. The summed E-state index contributed by atoms with van der Waals surface area (Å²) in [5, 5.41) is 7.11. The fourth-order valence-electron chi connectivity index (χ4n) is 2.50. The van der Waals surface area contributed by atoms with Crippen LogP contribution in [-0.2, 0) is 11.3 Å². The number of amides is 1. The number of halogens is 1. The molecule has 0 fully saturated rings. The van der Waals surface area contributed by atoms with Crippen molar-refractivity contribution >= 4 is 27.5 Å². The lowest BCUT2D eigenvalue weighted by molar-refractivity contribution is -0.117. The third kappa shape index (κ3) is 4.26. The van der Waals surface area contributed by atoms with Gasteiger partial charge in [0.25, 0.3) is 5.56 Å². The summed E-state index contributed by atoms with van der Waals surface area (Å²) in [6.45, 7) is 3.80. The maximum atomic E-state index is 12.3. The molecule has 1 N–H and O–H groups in total. The lowest BCUT2D eigenvalue weighted by atomic mass is 10.1. The monoisotopic (exact) mass is 411 g/mol. The van der Waals surface area contributed by atoms with Crippen LogP contribution in [0.4, 0.5) is 5.69 Å². The highest BCUT2D eigenvalue weighted by Crippen LogP contribution is 2.20. The molecule has 0 saturated heterocycles.